The topological polar surface area (TPSA) is 29.3 Å². The van der Waals surface area contributed by atoms with E-state index in [4.69, 9.17) is 5.73 Å². The fourth-order valence-electron chi connectivity index (χ4n) is 2.06. The lowest BCUT2D eigenvalue weighted by atomic mass is 9.90. The van der Waals surface area contributed by atoms with E-state index in [0.717, 1.165) is 17.6 Å². The number of nitrogens with two attached hydrogens (primary N) is 1. The molecule has 1 aromatic carbocycles. The monoisotopic (exact) mass is 254 g/mol. The first kappa shape index (κ1) is 9.99. The molecule has 1 heterocycles. The van der Waals surface area contributed by atoms with Crippen LogP contribution in [0.25, 0.3) is 0 Å². The van der Waals surface area contributed by atoms with Crippen molar-refractivity contribution in [3.05, 3.63) is 28.2 Å². The minimum Gasteiger partial charge on any atom is -0.374 e. The zero-order chi connectivity index (χ0) is 10.1. The smallest absolute Gasteiger partial charge is 0.0410 e. The molecular formula is C11H15BrN2. The first-order valence-corrected chi connectivity index (χ1v) is 5.72. The van der Waals surface area contributed by atoms with Gasteiger partial charge in [-0.25, -0.2) is 0 Å². The molecule has 2 nitrogen and oxygen atoms in total. The third kappa shape index (κ3) is 1.66. The third-order valence-corrected chi connectivity index (χ3v) is 3.43. The summed E-state index contributed by atoms with van der Waals surface area (Å²) < 4.78 is 1.14. The first-order valence-electron chi connectivity index (χ1n) is 4.93. The fourth-order valence-corrected chi connectivity index (χ4v) is 2.41. The SMILES string of the molecule is CN1CCC(CN)c2ccc(Br)cc21. The van der Waals surface area contributed by atoms with Gasteiger partial charge in [0.1, 0.15) is 0 Å². The zero-order valence-corrected chi connectivity index (χ0v) is 9.92. The van der Waals surface area contributed by atoms with Crippen molar-refractivity contribution in [3.63, 3.8) is 0 Å². The van der Waals surface area contributed by atoms with Gasteiger partial charge in [-0.2, -0.15) is 0 Å². The van der Waals surface area contributed by atoms with Gasteiger partial charge in [0.15, 0.2) is 0 Å². The lowest BCUT2D eigenvalue weighted by Gasteiger charge is -2.32. The van der Waals surface area contributed by atoms with Crippen molar-refractivity contribution in [1.29, 1.82) is 0 Å². The third-order valence-electron chi connectivity index (χ3n) is 2.94. The molecule has 0 radical (unpaired) electrons. The van der Waals surface area contributed by atoms with Gasteiger partial charge in [-0.1, -0.05) is 22.0 Å². The van der Waals surface area contributed by atoms with Crippen molar-refractivity contribution in [2.45, 2.75) is 12.3 Å². The highest BCUT2D eigenvalue weighted by Crippen LogP contribution is 2.35. The van der Waals surface area contributed by atoms with E-state index >= 15 is 0 Å². The van der Waals surface area contributed by atoms with Gasteiger partial charge in [0.25, 0.3) is 0 Å². The Hall–Kier alpha value is -0.540. The second kappa shape index (κ2) is 3.91. The van der Waals surface area contributed by atoms with Gasteiger partial charge in [-0.15, -0.1) is 0 Å². The molecule has 1 unspecified atom stereocenters. The van der Waals surface area contributed by atoms with E-state index in [1.165, 1.54) is 17.7 Å². The van der Waals surface area contributed by atoms with Crippen molar-refractivity contribution in [2.24, 2.45) is 5.73 Å². The van der Waals surface area contributed by atoms with Crippen molar-refractivity contribution in [2.75, 3.05) is 25.0 Å². The summed E-state index contributed by atoms with van der Waals surface area (Å²) in [6, 6.07) is 6.46. The summed E-state index contributed by atoms with van der Waals surface area (Å²) in [6.45, 7) is 1.85. The Bertz CT molecular complexity index is 338. The minimum atomic E-state index is 0.536. The van der Waals surface area contributed by atoms with E-state index in [9.17, 15) is 0 Å². The molecule has 1 aliphatic heterocycles. The Morgan fingerprint density at radius 1 is 1.57 bits per heavy atom. The minimum absolute atomic E-state index is 0.536. The average molecular weight is 255 g/mol. The average Bonchev–Trinajstić information content (AvgIpc) is 2.19. The van der Waals surface area contributed by atoms with Crippen LogP contribution in [-0.4, -0.2) is 20.1 Å². The highest BCUT2D eigenvalue weighted by atomic mass is 79.9. The molecule has 0 spiro atoms. The van der Waals surface area contributed by atoms with E-state index in [1.807, 2.05) is 0 Å². The molecule has 2 rings (SSSR count). The van der Waals surface area contributed by atoms with Crippen LogP contribution in [0.3, 0.4) is 0 Å². The van der Waals surface area contributed by atoms with E-state index in [1.54, 1.807) is 0 Å². The van der Waals surface area contributed by atoms with Crippen molar-refractivity contribution in [1.82, 2.24) is 0 Å². The molecule has 0 amide bonds. The summed E-state index contributed by atoms with van der Waals surface area (Å²) in [5, 5.41) is 0. The highest BCUT2D eigenvalue weighted by molar-refractivity contribution is 9.10. The van der Waals surface area contributed by atoms with Gasteiger partial charge in [0.05, 0.1) is 0 Å². The molecule has 0 aliphatic carbocycles. The number of rotatable bonds is 1. The lowest BCUT2D eigenvalue weighted by molar-refractivity contribution is 0.601. The number of anilines is 1. The van der Waals surface area contributed by atoms with E-state index in [2.05, 4.69) is 46.1 Å². The van der Waals surface area contributed by atoms with Crippen LogP contribution in [0.2, 0.25) is 0 Å². The number of hydrogen-bond acceptors (Lipinski definition) is 2. The lowest BCUT2D eigenvalue weighted by Crippen LogP contribution is -2.30. The highest BCUT2D eigenvalue weighted by Gasteiger charge is 2.21. The molecule has 1 aromatic rings. The van der Waals surface area contributed by atoms with Crippen molar-refractivity contribution >= 4 is 21.6 Å². The van der Waals surface area contributed by atoms with Crippen LogP contribution in [0.15, 0.2) is 22.7 Å². The Kier molecular flexibility index (Phi) is 2.79. The molecule has 1 aliphatic rings. The summed E-state index contributed by atoms with van der Waals surface area (Å²) in [7, 11) is 2.14. The maximum absolute atomic E-state index is 5.77. The predicted octanol–water partition coefficient (Wildman–Crippen LogP) is 2.33. The number of benzene rings is 1. The van der Waals surface area contributed by atoms with Crippen molar-refractivity contribution in [3.8, 4) is 0 Å². The maximum atomic E-state index is 5.77. The summed E-state index contributed by atoms with van der Waals surface area (Å²) in [5.41, 5.74) is 8.48. The summed E-state index contributed by atoms with van der Waals surface area (Å²) >= 11 is 3.50. The number of hydrogen-bond donors (Lipinski definition) is 1. The summed E-state index contributed by atoms with van der Waals surface area (Å²) in [6.07, 6.45) is 1.17. The van der Waals surface area contributed by atoms with Crippen LogP contribution in [0, 0.1) is 0 Å². The Morgan fingerprint density at radius 2 is 2.36 bits per heavy atom. The molecule has 3 heteroatoms. The Morgan fingerprint density at radius 3 is 3.07 bits per heavy atom. The number of fused-ring (bicyclic) bond motifs is 1. The first-order chi connectivity index (χ1) is 6.72. The number of halogens is 1. The standard InChI is InChI=1S/C11H15BrN2/c1-14-5-4-8(7-13)10-3-2-9(12)6-11(10)14/h2-3,6,8H,4-5,7,13H2,1H3. The van der Waals surface area contributed by atoms with Crippen LogP contribution in [0.1, 0.15) is 17.9 Å². The van der Waals surface area contributed by atoms with Crippen molar-refractivity contribution < 1.29 is 0 Å². The Balaban J connectivity index is 2.45. The maximum Gasteiger partial charge on any atom is 0.0410 e. The second-order valence-electron chi connectivity index (χ2n) is 3.85. The molecule has 1 atom stereocenters. The van der Waals surface area contributed by atoms with Crippen LogP contribution in [0.4, 0.5) is 5.69 Å². The normalized spacial score (nSPS) is 20.8. The summed E-state index contributed by atoms with van der Waals surface area (Å²) in [5.74, 6) is 0.536. The van der Waals surface area contributed by atoms with Crippen LogP contribution in [-0.2, 0) is 0 Å². The zero-order valence-electron chi connectivity index (χ0n) is 8.33. The molecular weight excluding hydrogens is 240 g/mol. The van der Waals surface area contributed by atoms with E-state index < -0.39 is 0 Å². The van der Waals surface area contributed by atoms with E-state index in [-0.39, 0.29) is 0 Å². The van der Waals surface area contributed by atoms with Gasteiger partial charge in [0, 0.05) is 23.8 Å². The van der Waals surface area contributed by atoms with Crippen LogP contribution < -0.4 is 10.6 Å². The molecule has 2 N–H and O–H groups in total. The predicted molar refractivity (Wildman–Crippen MR) is 63.8 cm³/mol. The molecule has 76 valence electrons. The molecule has 14 heavy (non-hydrogen) atoms. The van der Waals surface area contributed by atoms with Gasteiger partial charge in [0.2, 0.25) is 0 Å². The van der Waals surface area contributed by atoms with E-state index in [0.29, 0.717) is 5.92 Å². The van der Waals surface area contributed by atoms with Gasteiger partial charge < -0.3 is 10.6 Å². The quantitative estimate of drug-likeness (QED) is 0.834. The summed E-state index contributed by atoms with van der Waals surface area (Å²) in [4.78, 5) is 2.30. The molecule has 0 saturated carbocycles. The number of nitrogens with zero attached hydrogens (tertiary/aromatic N) is 1. The fraction of sp³-hybridized carbons (Fsp3) is 0.455. The molecule has 0 saturated heterocycles. The largest absolute Gasteiger partial charge is 0.374 e. The van der Waals surface area contributed by atoms with Gasteiger partial charge >= 0.3 is 0 Å². The van der Waals surface area contributed by atoms with Gasteiger partial charge in [-0.3, -0.25) is 0 Å². The second-order valence-corrected chi connectivity index (χ2v) is 4.76. The Labute approximate surface area is 93.2 Å². The molecule has 0 fully saturated rings. The van der Waals surface area contributed by atoms with Gasteiger partial charge in [-0.05, 0) is 36.6 Å². The molecule has 0 bridgehead atoms. The van der Waals surface area contributed by atoms with Crippen LogP contribution in [0.5, 0.6) is 0 Å². The van der Waals surface area contributed by atoms with Crippen LogP contribution >= 0.6 is 15.9 Å². The molecule has 0 aromatic heterocycles.